The predicted octanol–water partition coefficient (Wildman–Crippen LogP) is 2.04. The molecule has 1 aliphatic heterocycles. The van der Waals surface area contributed by atoms with Gasteiger partial charge in [-0.15, -0.1) is 0 Å². The highest BCUT2D eigenvalue weighted by Crippen LogP contribution is 2.29. The number of ketones is 1. The number of rotatable bonds is 0. The fraction of sp³-hybridized carbons (Fsp3) is 0.300. The smallest absolute Gasteiger partial charge is 0.172 e. The third-order valence-corrected chi connectivity index (χ3v) is 2.16. The zero-order valence-corrected chi connectivity index (χ0v) is 7.21. The summed E-state index contributed by atoms with van der Waals surface area (Å²) in [7, 11) is 0. The SMILES string of the molecule is CC1COc2c(F)cccc2C1=O. The maximum Gasteiger partial charge on any atom is 0.172 e. The van der Waals surface area contributed by atoms with E-state index < -0.39 is 5.82 Å². The van der Waals surface area contributed by atoms with Crippen LogP contribution in [0, 0.1) is 11.7 Å². The van der Waals surface area contributed by atoms with Crippen LogP contribution >= 0.6 is 0 Å². The summed E-state index contributed by atoms with van der Waals surface area (Å²) in [6, 6.07) is 4.41. The molecule has 1 aliphatic rings. The average molecular weight is 180 g/mol. The van der Waals surface area contributed by atoms with Gasteiger partial charge in [0.15, 0.2) is 17.3 Å². The Morgan fingerprint density at radius 1 is 1.54 bits per heavy atom. The highest BCUT2D eigenvalue weighted by Gasteiger charge is 2.26. The number of carbonyl (C=O) groups excluding carboxylic acids is 1. The fourth-order valence-corrected chi connectivity index (χ4v) is 1.40. The van der Waals surface area contributed by atoms with Gasteiger partial charge < -0.3 is 4.74 Å². The highest BCUT2D eigenvalue weighted by molar-refractivity contribution is 6.01. The monoisotopic (exact) mass is 180 g/mol. The molecule has 0 aromatic heterocycles. The number of carbonyl (C=O) groups is 1. The van der Waals surface area contributed by atoms with E-state index in [1.165, 1.54) is 12.1 Å². The zero-order chi connectivity index (χ0) is 9.42. The summed E-state index contributed by atoms with van der Waals surface area (Å²) in [5.74, 6) is -0.571. The molecule has 1 unspecified atom stereocenters. The molecule has 0 fully saturated rings. The molecular weight excluding hydrogens is 171 g/mol. The molecule has 13 heavy (non-hydrogen) atoms. The first-order valence-electron chi connectivity index (χ1n) is 4.15. The number of halogens is 1. The topological polar surface area (TPSA) is 26.3 Å². The van der Waals surface area contributed by atoms with Gasteiger partial charge >= 0.3 is 0 Å². The molecule has 0 aliphatic carbocycles. The lowest BCUT2D eigenvalue weighted by atomic mass is 9.97. The molecule has 1 aromatic carbocycles. The Kier molecular flexibility index (Phi) is 1.79. The van der Waals surface area contributed by atoms with Gasteiger partial charge in [-0.2, -0.15) is 0 Å². The maximum atomic E-state index is 13.1. The molecule has 0 radical (unpaired) electrons. The lowest BCUT2D eigenvalue weighted by molar-refractivity contribution is 0.0843. The van der Waals surface area contributed by atoms with E-state index in [-0.39, 0.29) is 24.1 Å². The Morgan fingerprint density at radius 2 is 2.31 bits per heavy atom. The Hall–Kier alpha value is -1.38. The second-order valence-electron chi connectivity index (χ2n) is 3.19. The molecule has 0 saturated heterocycles. The number of fused-ring (bicyclic) bond motifs is 1. The van der Waals surface area contributed by atoms with Crippen LogP contribution in [0.4, 0.5) is 4.39 Å². The van der Waals surface area contributed by atoms with Crippen molar-refractivity contribution in [3.8, 4) is 5.75 Å². The minimum atomic E-state index is -0.460. The molecule has 2 rings (SSSR count). The third kappa shape index (κ3) is 1.20. The van der Waals surface area contributed by atoms with Gasteiger partial charge in [0.2, 0.25) is 0 Å². The van der Waals surface area contributed by atoms with E-state index in [1.807, 2.05) is 0 Å². The van der Waals surface area contributed by atoms with Gasteiger partial charge in [-0.3, -0.25) is 4.79 Å². The lowest BCUT2D eigenvalue weighted by Crippen LogP contribution is -2.25. The van der Waals surface area contributed by atoms with Crippen molar-refractivity contribution in [1.82, 2.24) is 0 Å². The number of benzene rings is 1. The molecule has 68 valence electrons. The minimum Gasteiger partial charge on any atom is -0.489 e. The highest BCUT2D eigenvalue weighted by atomic mass is 19.1. The molecular formula is C10H9FO2. The first-order valence-corrected chi connectivity index (χ1v) is 4.15. The van der Waals surface area contributed by atoms with Crippen molar-refractivity contribution in [3.05, 3.63) is 29.6 Å². The van der Waals surface area contributed by atoms with E-state index in [2.05, 4.69) is 0 Å². The van der Waals surface area contributed by atoms with Gasteiger partial charge in [-0.05, 0) is 12.1 Å². The van der Waals surface area contributed by atoms with Crippen LogP contribution in [0.1, 0.15) is 17.3 Å². The normalized spacial score (nSPS) is 20.8. The zero-order valence-electron chi connectivity index (χ0n) is 7.21. The van der Waals surface area contributed by atoms with E-state index in [0.717, 1.165) is 0 Å². The van der Waals surface area contributed by atoms with Crippen molar-refractivity contribution < 1.29 is 13.9 Å². The molecule has 1 aromatic rings. The van der Waals surface area contributed by atoms with Gasteiger partial charge in [0.1, 0.15) is 0 Å². The van der Waals surface area contributed by atoms with Crippen LogP contribution in [0.15, 0.2) is 18.2 Å². The van der Waals surface area contributed by atoms with Crippen LogP contribution in [0.2, 0.25) is 0 Å². The first kappa shape index (κ1) is 8.23. The van der Waals surface area contributed by atoms with E-state index in [1.54, 1.807) is 13.0 Å². The number of hydrogen-bond acceptors (Lipinski definition) is 2. The van der Waals surface area contributed by atoms with Crippen molar-refractivity contribution in [2.45, 2.75) is 6.92 Å². The molecule has 3 heteroatoms. The van der Waals surface area contributed by atoms with Crippen molar-refractivity contribution in [2.24, 2.45) is 5.92 Å². The number of Topliss-reactive ketones (excluding diaryl/α,β-unsaturated/α-hetero) is 1. The second kappa shape index (κ2) is 2.83. The van der Waals surface area contributed by atoms with Gasteiger partial charge in [0, 0.05) is 0 Å². The molecule has 1 heterocycles. The predicted molar refractivity (Wildman–Crippen MR) is 45.4 cm³/mol. The Balaban J connectivity index is 2.55. The van der Waals surface area contributed by atoms with Crippen LogP contribution in [-0.4, -0.2) is 12.4 Å². The van der Waals surface area contributed by atoms with Crippen molar-refractivity contribution >= 4 is 5.78 Å². The minimum absolute atomic E-state index is 0.0410. The molecule has 2 nitrogen and oxygen atoms in total. The molecule has 0 saturated carbocycles. The summed E-state index contributed by atoms with van der Waals surface area (Å²) in [5, 5.41) is 0. The van der Waals surface area contributed by atoms with Crippen molar-refractivity contribution in [3.63, 3.8) is 0 Å². The molecule has 0 spiro atoms. The second-order valence-corrected chi connectivity index (χ2v) is 3.19. The number of para-hydroxylation sites is 1. The van der Waals surface area contributed by atoms with Crippen LogP contribution in [-0.2, 0) is 0 Å². The van der Waals surface area contributed by atoms with E-state index in [0.29, 0.717) is 5.56 Å². The maximum absolute atomic E-state index is 13.1. The summed E-state index contributed by atoms with van der Waals surface area (Å²) in [6.45, 7) is 2.04. The van der Waals surface area contributed by atoms with Gasteiger partial charge in [-0.1, -0.05) is 13.0 Å². The van der Waals surface area contributed by atoms with E-state index >= 15 is 0 Å². The van der Waals surface area contributed by atoms with Crippen molar-refractivity contribution in [1.29, 1.82) is 0 Å². The average Bonchev–Trinajstić information content (AvgIpc) is 2.12. The summed E-state index contributed by atoms with van der Waals surface area (Å²) in [6.07, 6.45) is 0. The Labute approximate surface area is 75.3 Å². The first-order chi connectivity index (χ1) is 6.20. The summed E-state index contributed by atoms with van der Waals surface area (Å²) < 4.78 is 18.2. The van der Waals surface area contributed by atoms with Crippen LogP contribution in [0.25, 0.3) is 0 Å². The summed E-state index contributed by atoms with van der Waals surface area (Å²) in [4.78, 5) is 11.5. The third-order valence-electron chi connectivity index (χ3n) is 2.16. The van der Waals surface area contributed by atoms with E-state index in [4.69, 9.17) is 4.74 Å². The van der Waals surface area contributed by atoms with Gasteiger partial charge in [-0.25, -0.2) is 4.39 Å². The Bertz CT molecular complexity index is 360. The van der Waals surface area contributed by atoms with Crippen LogP contribution in [0.5, 0.6) is 5.75 Å². The quantitative estimate of drug-likeness (QED) is 0.610. The molecule has 1 atom stereocenters. The molecule has 0 amide bonds. The van der Waals surface area contributed by atoms with E-state index in [9.17, 15) is 9.18 Å². The fourth-order valence-electron chi connectivity index (χ4n) is 1.40. The standard InChI is InChI=1S/C10H9FO2/c1-6-5-13-10-7(9(6)12)3-2-4-8(10)11/h2-4,6H,5H2,1H3. The summed E-state index contributed by atoms with van der Waals surface area (Å²) >= 11 is 0. The number of ether oxygens (including phenoxy) is 1. The molecule has 0 bridgehead atoms. The number of hydrogen-bond donors (Lipinski definition) is 0. The van der Waals surface area contributed by atoms with Gasteiger partial charge in [0.25, 0.3) is 0 Å². The summed E-state index contributed by atoms with van der Waals surface area (Å²) in [5.41, 5.74) is 0.360. The molecule has 0 N–H and O–H groups in total. The van der Waals surface area contributed by atoms with Gasteiger partial charge in [0.05, 0.1) is 18.1 Å². The largest absolute Gasteiger partial charge is 0.489 e. The lowest BCUT2D eigenvalue weighted by Gasteiger charge is -2.21. The van der Waals surface area contributed by atoms with Crippen LogP contribution in [0.3, 0.4) is 0 Å². The van der Waals surface area contributed by atoms with Crippen LogP contribution < -0.4 is 4.74 Å². The Morgan fingerprint density at radius 3 is 3.08 bits per heavy atom. The van der Waals surface area contributed by atoms with Crippen molar-refractivity contribution in [2.75, 3.05) is 6.61 Å².